The highest BCUT2D eigenvalue weighted by molar-refractivity contribution is 5.85. The molecule has 1 saturated heterocycles. The van der Waals surface area contributed by atoms with E-state index in [4.69, 9.17) is 15.2 Å². The summed E-state index contributed by atoms with van der Waals surface area (Å²) in [6.07, 6.45) is 0.265. The van der Waals surface area contributed by atoms with Crippen LogP contribution in [0, 0.1) is 0 Å². The van der Waals surface area contributed by atoms with Crippen molar-refractivity contribution in [3.8, 4) is 0 Å². The second-order valence-corrected chi connectivity index (χ2v) is 2.84. The topological polar surface area (TPSA) is 61.5 Å². The van der Waals surface area contributed by atoms with Crippen LogP contribution < -0.4 is 5.73 Å². The lowest BCUT2D eigenvalue weighted by Crippen LogP contribution is -2.58. The third kappa shape index (κ3) is 2.97. The van der Waals surface area contributed by atoms with Gasteiger partial charge in [0.2, 0.25) is 0 Å². The van der Waals surface area contributed by atoms with Crippen molar-refractivity contribution in [3.05, 3.63) is 0 Å². The van der Waals surface area contributed by atoms with Crippen LogP contribution in [-0.2, 0) is 14.3 Å². The number of hydrogen-bond donors (Lipinski definition) is 1. The Hall–Kier alpha value is -0.320. The highest BCUT2D eigenvalue weighted by Gasteiger charge is 2.36. The van der Waals surface area contributed by atoms with Crippen LogP contribution in [0.3, 0.4) is 0 Å². The zero-order valence-corrected chi connectivity index (χ0v) is 7.86. The molecule has 0 aromatic rings. The molecule has 0 aromatic carbocycles. The molecule has 2 N–H and O–H groups in total. The third-order valence-corrected chi connectivity index (χ3v) is 1.58. The highest BCUT2D eigenvalue weighted by Crippen LogP contribution is 2.17. The van der Waals surface area contributed by atoms with Gasteiger partial charge < -0.3 is 15.2 Å². The van der Waals surface area contributed by atoms with Gasteiger partial charge >= 0.3 is 5.97 Å². The van der Waals surface area contributed by atoms with Gasteiger partial charge in [-0.1, -0.05) is 0 Å². The first-order chi connectivity index (χ1) is 5.16. The van der Waals surface area contributed by atoms with Gasteiger partial charge in [0.25, 0.3) is 0 Å². The summed E-state index contributed by atoms with van der Waals surface area (Å²) in [5, 5.41) is 0. The smallest absolute Gasteiger partial charge is 0.307 e. The highest BCUT2D eigenvalue weighted by atomic mass is 35.5. The van der Waals surface area contributed by atoms with Crippen LogP contribution in [0.25, 0.3) is 0 Å². The standard InChI is InChI=1S/C7H13NO3.ClH/c1-2-11-6(9)3-7(8)4-10-5-7;/h2-5,8H2,1H3;1H. The van der Waals surface area contributed by atoms with E-state index >= 15 is 0 Å². The molecule has 1 aliphatic rings. The molecule has 4 nitrogen and oxygen atoms in total. The first-order valence-electron chi connectivity index (χ1n) is 3.68. The maximum Gasteiger partial charge on any atom is 0.307 e. The maximum atomic E-state index is 10.9. The molecule has 1 heterocycles. The lowest BCUT2D eigenvalue weighted by atomic mass is 9.95. The lowest BCUT2D eigenvalue weighted by Gasteiger charge is -2.36. The minimum Gasteiger partial charge on any atom is -0.466 e. The van der Waals surface area contributed by atoms with Crippen LogP contribution in [0.4, 0.5) is 0 Å². The molecule has 0 spiro atoms. The molecule has 0 radical (unpaired) electrons. The average Bonchev–Trinajstić information content (AvgIpc) is 1.85. The number of carbonyl (C=O) groups is 1. The molecule has 0 aromatic heterocycles. The van der Waals surface area contributed by atoms with Crippen LogP contribution in [0.1, 0.15) is 13.3 Å². The Labute approximate surface area is 77.8 Å². The van der Waals surface area contributed by atoms with Crippen LogP contribution in [0.15, 0.2) is 0 Å². The second-order valence-electron chi connectivity index (χ2n) is 2.84. The normalized spacial score (nSPS) is 18.8. The second kappa shape index (κ2) is 4.64. The molecule has 0 amide bonds. The van der Waals surface area contributed by atoms with Gasteiger partial charge in [-0.15, -0.1) is 12.4 Å². The van der Waals surface area contributed by atoms with Crippen molar-refractivity contribution in [1.29, 1.82) is 0 Å². The third-order valence-electron chi connectivity index (χ3n) is 1.58. The zero-order valence-electron chi connectivity index (χ0n) is 7.04. The number of halogens is 1. The molecular weight excluding hydrogens is 182 g/mol. The fraction of sp³-hybridized carbons (Fsp3) is 0.857. The first-order valence-corrected chi connectivity index (χ1v) is 3.68. The van der Waals surface area contributed by atoms with E-state index < -0.39 is 5.54 Å². The number of carbonyl (C=O) groups excluding carboxylic acids is 1. The average molecular weight is 196 g/mol. The molecule has 0 unspecified atom stereocenters. The van der Waals surface area contributed by atoms with Gasteiger partial charge in [0.1, 0.15) is 0 Å². The number of esters is 1. The summed E-state index contributed by atoms with van der Waals surface area (Å²) in [6, 6.07) is 0. The van der Waals surface area contributed by atoms with E-state index in [-0.39, 0.29) is 24.8 Å². The first kappa shape index (κ1) is 11.7. The quantitative estimate of drug-likeness (QED) is 0.649. The molecule has 1 aliphatic heterocycles. The van der Waals surface area contributed by atoms with E-state index in [1.165, 1.54) is 0 Å². The van der Waals surface area contributed by atoms with E-state index in [9.17, 15) is 4.79 Å². The molecule has 5 heteroatoms. The largest absolute Gasteiger partial charge is 0.466 e. The minimum atomic E-state index is -0.452. The van der Waals surface area contributed by atoms with Crippen molar-refractivity contribution in [1.82, 2.24) is 0 Å². The van der Waals surface area contributed by atoms with E-state index in [0.717, 1.165) is 0 Å². The van der Waals surface area contributed by atoms with E-state index in [1.807, 2.05) is 0 Å². The Morgan fingerprint density at radius 1 is 1.67 bits per heavy atom. The molecule has 1 rings (SSSR count). The summed E-state index contributed by atoms with van der Waals surface area (Å²) in [7, 11) is 0. The number of nitrogens with two attached hydrogens (primary N) is 1. The SMILES string of the molecule is CCOC(=O)CC1(N)COC1.Cl. The van der Waals surface area contributed by atoms with Crippen LogP contribution in [0.2, 0.25) is 0 Å². The van der Waals surface area contributed by atoms with Crippen molar-refractivity contribution in [2.75, 3.05) is 19.8 Å². The van der Waals surface area contributed by atoms with Crippen LogP contribution >= 0.6 is 12.4 Å². The van der Waals surface area contributed by atoms with Crippen molar-refractivity contribution in [2.24, 2.45) is 5.73 Å². The molecule has 0 bridgehead atoms. The van der Waals surface area contributed by atoms with Crippen molar-refractivity contribution in [2.45, 2.75) is 18.9 Å². The Morgan fingerprint density at radius 3 is 2.58 bits per heavy atom. The van der Waals surface area contributed by atoms with Gasteiger partial charge in [-0.05, 0) is 6.92 Å². The fourth-order valence-corrected chi connectivity index (χ4v) is 0.966. The van der Waals surface area contributed by atoms with Crippen molar-refractivity contribution >= 4 is 18.4 Å². The predicted octanol–water partition coefficient (Wildman–Crippen LogP) is 0.0891. The van der Waals surface area contributed by atoms with Gasteiger partial charge in [-0.3, -0.25) is 4.79 Å². The molecule has 0 aliphatic carbocycles. The number of rotatable bonds is 3. The maximum absolute atomic E-state index is 10.9. The van der Waals surface area contributed by atoms with E-state index in [0.29, 0.717) is 19.8 Å². The summed E-state index contributed by atoms with van der Waals surface area (Å²) in [5.41, 5.74) is 5.26. The number of hydrogen-bond acceptors (Lipinski definition) is 4. The van der Waals surface area contributed by atoms with Crippen LogP contribution in [0.5, 0.6) is 0 Å². The molecule has 0 atom stereocenters. The van der Waals surface area contributed by atoms with E-state index in [1.54, 1.807) is 6.92 Å². The molecule has 1 fully saturated rings. The lowest BCUT2D eigenvalue weighted by molar-refractivity contribution is -0.150. The summed E-state index contributed by atoms with van der Waals surface area (Å²) in [5.74, 6) is -0.238. The van der Waals surface area contributed by atoms with Gasteiger partial charge in [0, 0.05) is 0 Å². The monoisotopic (exact) mass is 195 g/mol. The number of ether oxygens (including phenoxy) is 2. The van der Waals surface area contributed by atoms with Gasteiger partial charge in [0.05, 0.1) is 31.8 Å². The van der Waals surface area contributed by atoms with Crippen molar-refractivity contribution < 1.29 is 14.3 Å². The zero-order chi connectivity index (χ0) is 8.32. The molecule has 0 saturated carbocycles. The Balaban J connectivity index is 0.00000121. The summed E-state index contributed by atoms with van der Waals surface area (Å²) in [6.45, 7) is 3.12. The Morgan fingerprint density at radius 2 is 2.25 bits per heavy atom. The van der Waals surface area contributed by atoms with Crippen molar-refractivity contribution in [3.63, 3.8) is 0 Å². The van der Waals surface area contributed by atoms with Gasteiger partial charge in [0.15, 0.2) is 0 Å². The summed E-state index contributed by atoms with van der Waals surface area (Å²) in [4.78, 5) is 10.9. The fourth-order valence-electron chi connectivity index (χ4n) is 0.966. The Kier molecular flexibility index (Phi) is 4.52. The summed E-state index contributed by atoms with van der Waals surface area (Å²) < 4.78 is 9.62. The van der Waals surface area contributed by atoms with Gasteiger partial charge in [-0.25, -0.2) is 0 Å². The van der Waals surface area contributed by atoms with E-state index in [2.05, 4.69) is 0 Å². The minimum absolute atomic E-state index is 0. The summed E-state index contributed by atoms with van der Waals surface area (Å²) >= 11 is 0. The Bertz CT molecular complexity index is 159. The molecule has 12 heavy (non-hydrogen) atoms. The molecule has 72 valence electrons. The predicted molar refractivity (Wildman–Crippen MR) is 46.2 cm³/mol. The van der Waals surface area contributed by atoms with Gasteiger partial charge in [-0.2, -0.15) is 0 Å². The molecular formula is C7H14ClNO3. The van der Waals surface area contributed by atoms with Crippen LogP contribution in [-0.4, -0.2) is 31.3 Å².